The zero-order valence-electron chi connectivity index (χ0n) is 6.87. The molecule has 4 nitrogen and oxygen atoms in total. The molecule has 1 heterocycles. The van der Waals surface area contributed by atoms with Gasteiger partial charge in [0.15, 0.2) is 0 Å². The van der Waals surface area contributed by atoms with E-state index in [4.69, 9.17) is 5.11 Å². The number of H-pyrrole nitrogens is 1. The van der Waals surface area contributed by atoms with Crippen LogP contribution in [0.3, 0.4) is 0 Å². The van der Waals surface area contributed by atoms with E-state index in [0.717, 1.165) is 23.4 Å². The molecule has 13 heavy (non-hydrogen) atoms. The normalized spacial score (nSPS) is 20.2. The summed E-state index contributed by atoms with van der Waals surface area (Å²) in [6.07, 6.45) is 1.82. The first-order valence-electron chi connectivity index (χ1n) is 4.10. The first-order chi connectivity index (χ1) is 6.16. The van der Waals surface area contributed by atoms with Gasteiger partial charge < -0.3 is 10.1 Å². The second kappa shape index (κ2) is 2.99. The first kappa shape index (κ1) is 8.50. The van der Waals surface area contributed by atoms with Gasteiger partial charge in [0.1, 0.15) is 0 Å². The smallest absolute Gasteiger partial charge is 0.304 e. The fourth-order valence-electron chi connectivity index (χ4n) is 1.75. The molecule has 0 amide bonds. The number of aryl methyl sites for hydroxylation is 1. The van der Waals surface area contributed by atoms with Crippen molar-refractivity contribution in [3.8, 4) is 0 Å². The van der Waals surface area contributed by atoms with Crippen LogP contribution < -0.4 is 4.87 Å². The zero-order chi connectivity index (χ0) is 9.42. The van der Waals surface area contributed by atoms with Crippen LogP contribution in [0, 0.1) is 0 Å². The number of aromatic amines is 1. The predicted molar refractivity (Wildman–Crippen MR) is 48.3 cm³/mol. The fraction of sp³-hybridized carbons (Fsp3) is 0.500. The average molecular weight is 199 g/mol. The molecule has 0 fully saturated rings. The van der Waals surface area contributed by atoms with E-state index in [2.05, 4.69) is 4.98 Å². The molecule has 2 N–H and O–H groups in total. The minimum Gasteiger partial charge on any atom is -0.481 e. The number of carboxylic acid groups (broad SMARTS) is 1. The first-order valence-corrected chi connectivity index (χ1v) is 4.92. The molecule has 1 aliphatic rings. The van der Waals surface area contributed by atoms with Crippen molar-refractivity contribution in [2.45, 2.75) is 25.2 Å². The number of fused-ring (bicyclic) bond motifs is 1. The SMILES string of the molecule is O=C(O)CC1CCc2sc(=O)[nH]c21. The highest BCUT2D eigenvalue weighted by Crippen LogP contribution is 2.34. The molecule has 70 valence electrons. The van der Waals surface area contributed by atoms with Crippen LogP contribution in [0.25, 0.3) is 0 Å². The molecule has 0 bridgehead atoms. The molecule has 1 aliphatic carbocycles. The van der Waals surface area contributed by atoms with Gasteiger partial charge in [-0.3, -0.25) is 9.59 Å². The summed E-state index contributed by atoms with van der Waals surface area (Å²) in [7, 11) is 0. The van der Waals surface area contributed by atoms with Crippen molar-refractivity contribution in [3.05, 3.63) is 20.2 Å². The molecule has 0 aliphatic heterocycles. The summed E-state index contributed by atoms with van der Waals surface area (Å²) in [4.78, 5) is 25.1. The van der Waals surface area contributed by atoms with E-state index in [-0.39, 0.29) is 17.2 Å². The van der Waals surface area contributed by atoms with Gasteiger partial charge in [-0.15, -0.1) is 0 Å². The molecule has 2 rings (SSSR count). The molecule has 1 atom stereocenters. The maximum absolute atomic E-state index is 11.0. The Balaban J connectivity index is 2.27. The third-order valence-electron chi connectivity index (χ3n) is 2.30. The number of rotatable bonds is 2. The van der Waals surface area contributed by atoms with E-state index in [0.29, 0.717) is 0 Å². The molecular weight excluding hydrogens is 190 g/mol. The molecule has 0 saturated carbocycles. The lowest BCUT2D eigenvalue weighted by molar-refractivity contribution is -0.137. The van der Waals surface area contributed by atoms with Gasteiger partial charge in [-0.1, -0.05) is 11.3 Å². The number of hydrogen-bond donors (Lipinski definition) is 2. The van der Waals surface area contributed by atoms with Gasteiger partial charge in [-0.25, -0.2) is 0 Å². The summed E-state index contributed by atoms with van der Waals surface area (Å²) in [6, 6.07) is 0. The van der Waals surface area contributed by atoms with E-state index in [1.54, 1.807) is 0 Å². The standard InChI is InChI=1S/C8H9NO3S/c10-6(11)3-4-1-2-5-7(4)9-8(12)13-5/h4H,1-3H2,(H,9,12)(H,10,11). The lowest BCUT2D eigenvalue weighted by atomic mass is 10.0. The van der Waals surface area contributed by atoms with Crippen LogP contribution in [0.15, 0.2) is 4.79 Å². The van der Waals surface area contributed by atoms with E-state index in [1.807, 2.05) is 0 Å². The van der Waals surface area contributed by atoms with Crippen molar-refractivity contribution >= 4 is 17.3 Å². The second-order valence-electron chi connectivity index (χ2n) is 3.18. The fourth-order valence-corrected chi connectivity index (χ4v) is 2.68. The molecule has 5 heteroatoms. The van der Waals surface area contributed by atoms with Crippen molar-refractivity contribution in [3.63, 3.8) is 0 Å². The largest absolute Gasteiger partial charge is 0.481 e. The highest BCUT2D eigenvalue weighted by Gasteiger charge is 2.27. The van der Waals surface area contributed by atoms with E-state index in [9.17, 15) is 9.59 Å². The maximum atomic E-state index is 11.0. The van der Waals surface area contributed by atoms with E-state index >= 15 is 0 Å². The Bertz CT molecular complexity index is 392. The Hall–Kier alpha value is -1.10. The Kier molecular flexibility index (Phi) is 1.95. The summed E-state index contributed by atoms with van der Waals surface area (Å²) in [6.45, 7) is 0. The van der Waals surface area contributed by atoms with Crippen LogP contribution in [0.4, 0.5) is 0 Å². The van der Waals surface area contributed by atoms with Crippen molar-refractivity contribution in [2.24, 2.45) is 0 Å². The van der Waals surface area contributed by atoms with Gasteiger partial charge in [0.25, 0.3) is 0 Å². The maximum Gasteiger partial charge on any atom is 0.304 e. The van der Waals surface area contributed by atoms with Crippen LogP contribution in [0.1, 0.15) is 29.3 Å². The van der Waals surface area contributed by atoms with E-state index in [1.165, 1.54) is 11.3 Å². The van der Waals surface area contributed by atoms with Crippen LogP contribution in [-0.4, -0.2) is 16.1 Å². The van der Waals surface area contributed by atoms with Gasteiger partial charge in [0, 0.05) is 16.5 Å². The highest BCUT2D eigenvalue weighted by atomic mass is 32.1. The number of carbonyl (C=O) groups is 1. The lowest BCUT2D eigenvalue weighted by Gasteiger charge is -2.04. The topological polar surface area (TPSA) is 70.2 Å². The number of thiazole rings is 1. The number of aromatic nitrogens is 1. The third-order valence-corrected chi connectivity index (χ3v) is 3.26. The molecule has 0 aromatic carbocycles. The summed E-state index contributed by atoms with van der Waals surface area (Å²) in [5.74, 6) is -0.781. The van der Waals surface area contributed by atoms with Crippen LogP contribution in [0.5, 0.6) is 0 Å². The number of hydrogen-bond acceptors (Lipinski definition) is 3. The molecule has 0 radical (unpaired) electrons. The highest BCUT2D eigenvalue weighted by molar-refractivity contribution is 7.09. The molecular formula is C8H9NO3S. The van der Waals surface area contributed by atoms with Gasteiger partial charge in [0.2, 0.25) is 0 Å². The van der Waals surface area contributed by atoms with Gasteiger partial charge in [0.05, 0.1) is 6.42 Å². The van der Waals surface area contributed by atoms with Crippen molar-refractivity contribution < 1.29 is 9.90 Å². The predicted octanol–water partition coefficient (Wildman–Crippen LogP) is 0.941. The van der Waals surface area contributed by atoms with Gasteiger partial charge in [-0.2, -0.15) is 0 Å². The Morgan fingerprint density at radius 1 is 1.69 bits per heavy atom. The Morgan fingerprint density at radius 3 is 3.15 bits per heavy atom. The average Bonchev–Trinajstić information content (AvgIpc) is 2.51. The van der Waals surface area contributed by atoms with Crippen LogP contribution in [0.2, 0.25) is 0 Å². The molecule has 1 unspecified atom stereocenters. The van der Waals surface area contributed by atoms with Crippen molar-refractivity contribution in [1.82, 2.24) is 4.98 Å². The Morgan fingerprint density at radius 2 is 2.46 bits per heavy atom. The molecule has 1 aromatic heterocycles. The summed E-state index contributed by atoms with van der Waals surface area (Å²) >= 11 is 1.20. The Labute approximate surface area is 78.2 Å². The summed E-state index contributed by atoms with van der Waals surface area (Å²) in [5.41, 5.74) is 0.859. The van der Waals surface area contributed by atoms with Gasteiger partial charge >= 0.3 is 10.8 Å². The quantitative estimate of drug-likeness (QED) is 0.744. The minimum atomic E-state index is -0.801. The summed E-state index contributed by atoms with van der Waals surface area (Å²) in [5, 5.41) is 8.62. The van der Waals surface area contributed by atoms with Gasteiger partial charge in [-0.05, 0) is 12.8 Å². The van der Waals surface area contributed by atoms with Crippen LogP contribution in [-0.2, 0) is 11.2 Å². The van der Waals surface area contributed by atoms with Crippen LogP contribution >= 0.6 is 11.3 Å². The molecule has 0 spiro atoms. The number of aliphatic carboxylic acids is 1. The zero-order valence-corrected chi connectivity index (χ0v) is 7.69. The lowest BCUT2D eigenvalue weighted by Crippen LogP contribution is -2.06. The number of carboxylic acids is 1. The van der Waals surface area contributed by atoms with Crippen molar-refractivity contribution in [2.75, 3.05) is 0 Å². The van der Waals surface area contributed by atoms with Crippen molar-refractivity contribution in [1.29, 1.82) is 0 Å². The molecule has 0 saturated heterocycles. The number of nitrogens with one attached hydrogen (secondary N) is 1. The monoisotopic (exact) mass is 199 g/mol. The third kappa shape index (κ3) is 1.51. The minimum absolute atomic E-state index is 0.0199. The summed E-state index contributed by atoms with van der Waals surface area (Å²) < 4.78 is 0. The van der Waals surface area contributed by atoms with E-state index < -0.39 is 5.97 Å². The molecule has 1 aromatic rings. The second-order valence-corrected chi connectivity index (χ2v) is 4.25.